The lowest BCUT2D eigenvalue weighted by Crippen LogP contribution is -2.32. The zero-order chi connectivity index (χ0) is 20.0. The van der Waals surface area contributed by atoms with Crippen molar-refractivity contribution in [2.24, 2.45) is 0 Å². The van der Waals surface area contributed by atoms with Gasteiger partial charge in [-0.15, -0.1) is 0 Å². The lowest BCUT2D eigenvalue weighted by Gasteiger charge is -2.21. The number of carbonyl (C=O) groups excluding carboxylic acids is 1. The van der Waals surface area contributed by atoms with Crippen molar-refractivity contribution in [1.29, 1.82) is 0 Å². The molecule has 0 fully saturated rings. The smallest absolute Gasteiger partial charge is 0.255 e. The van der Waals surface area contributed by atoms with Gasteiger partial charge in [0.25, 0.3) is 5.91 Å². The Morgan fingerprint density at radius 1 is 1.07 bits per heavy atom. The molecule has 0 aliphatic carbocycles. The number of rotatable bonds is 8. The number of amides is 1. The van der Waals surface area contributed by atoms with Crippen LogP contribution in [0.25, 0.3) is 0 Å². The molecule has 0 unspecified atom stereocenters. The summed E-state index contributed by atoms with van der Waals surface area (Å²) in [6.45, 7) is 4.72. The summed E-state index contributed by atoms with van der Waals surface area (Å²) in [6, 6.07) is 9.33. The SMILES string of the molecule is CCCN(CCC)S(=O)(=O)c1ccc(C(=O)Nc2cc(F)ccc2N)cc1. The van der Waals surface area contributed by atoms with Gasteiger partial charge >= 0.3 is 0 Å². The highest BCUT2D eigenvalue weighted by molar-refractivity contribution is 7.89. The number of halogens is 1. The Hall–Kier alpha value is -2.45. The molecule has 27 heavy (non-hydrogen) atoms. The van der Waals surface area contributed by atoms with Gasteiger partial charge in [-0.1, -0.05) is 13.8 Å². The number of hydrogen-bond acceptors (Lipinski definition) is 4. The molecular weight excluding hydrogens is 369 g/mol. The zero-order valence-electron chi connectivity index (χ0n) is 15.4. The van der Waals surface area contributed by atoms with E-state index in [0.717, 1.165) is 18.9 Å². The molecule has 0 radical (unpaired) electrons. The number of nitrogens with one attached hydrogen (secondary N) is 1. The van der Waals surface area contributed by atoms with E-state index >= 15 is 0 Å². The fraction of sp³-hybridized carbons (Fsp3) is 0.316. The third kappa shape index (κ3) is 5.05. The third-order valence-corrected chi connectivity index (χ3v) is 5.88. The summed E-state index contributed by atoms with van der Waals surface area (Å²) in [5.74, 6) is -1.02. The Kier molecular flexibility index (Phi) is 6.92. The van der Waals surface area contributed by atoms with E-state index in [1.807, 2.05) is 13.8 Å². The first-order valence-corrected chi connectivity index (χ1v) is 10.2. The van der Waals surface area contributed by atoms with Gasteiger partial charge in [-0.25, -0.2) is 12.8 Å². The summed E-state index contributed by atoms with van der Waals surface area (Å²) in [5, 5.41) is 2.53. The second kappa shape index (κ2) is 8.96. The van der Waals surface area contributed by atoms with Gasteiger partial charge in [0.05, 0.1) is 16.3 Å². The van der Waals surface area contributed by atoms with Gasteiger partial charge in [-0.2, -0.15) is 4.31 Å². The first-order valence-electron chi connectivity index (χ1n) is 8.76. The Bertz CT molecular complexity index is 893. The van der Waals surface area contributed by atoms with Crippen LogP contribution in [0.2, 0.25) is 0 Å². The van der Waals surface area contributed by atoms with E-state index in [-0.39, 0.29) is 21.8 Å². The van der Waals surface area contributed by atoms with E-state index in [0.29, 0.717) is 13.1 Å². The lowest BCUT2D eigenvalue weighted by atomic mass is 10.2. The molecule has 0 spiro atoms. The standard InChI is InChI=1S/C19H24FN3O3S/c1-3-11-23(12-4-2)27(25,26)16-8-5-14(6-9-16)19(24)22-18-13-15(20)7-10-17(18)21/h5-10,13H,3-4,11-12,21H2,1-2H3,(H,22,24). The molecule has 0 saturated heterocycles. The summed E-state index contributed by atoms with van der Waals surface area (Å²) in [4.78, 5) is 12.5. The highest BCUT2D eigenvalue weighted by Gasteiger charge is 2.23. The van der Waals surface area contributed by atoms with E-state index < -0.39 is 21.7 Å². The van der Waals surface area contributed by atoms with Crippen LogP contribution in [0.15, 0.2) is 47.4 Å². The Morgan fingerprint density at radius 3 is 2.22 bits per heavy atom. The van der Waals surface area contributed by atoms with Crippen molar-refractivity contribution in [2.45, 2.75) is 31.6 Å². The number of benzene rings is 2. The van der Waals surface area contributed by atoms with Crippen molar-refractivity contribution in [3.63, 3.8) is 0 Å². The molecule has 3 N–H and O–H groups in total. The summed E-state index contributed by atoms with van der Waals surface area (Å²) in [7, 11) is -3.61. The normalized spacial score (nSPS) is 11.6. The molecule has 6 nitrogen and oxygen atoms in total. The van der Waals surface area contributed by atoms with Crippen LogP contribution in [-0.2, 0) is 10.0 Å². The number of nitrogens with zero attached hydrogens (tertiary/aromatic N) is 1. The summed E-state index contributed by atoms with van der Waals surface area (Å²) < 4.78 is 40.2. The summed E-state index contributed by atoms with van der Waals surface area (Å²) in [6.07, 6.45) is 1.43. The number of carbonyl (C=O) groups is 1. The highest BCUT2D eigenvalue weighted by atomic mass is 32.2. The molecule has 2 rings (SSSR count). The van der Waals surface area contributed by atoms with Crippen molar-refractivity contribution in [3.8, 4) is 0 Å². The van der Waals surface area contributed by atoms with E-state index in [1.54, 1.807) is 0 Å². The zero-order valence-corrected chi connectivity index (χ0v) is 16.2. The minimum absolute atomic E-state index is 0.131. The van der Waals surface area contributed by atoms with Crippen LogP contribution < -0.4 is 11.1 Å². The maximum absolute atomic E-state index is 13.3. The molecule has 2 aromatic rings. The van der Waals surface area contributed by atoms with Crippen LogP contribution in [0.5, 0.6) is 0 Å². The van der Waals surface area contributed by atoms with Gasteiger partial charge in [-0.05, 0) is 55.3 Å². The van der Waals surface area contributed by atoms with Crippen molar-refractivity contribution in [3.05, 3.63) is 53.8 Å². The molecule has 2 aromatic carbocycles. The fourth-order valence-corrected chi connectivity index (χ4v) is 4.23. The van der Waals surface area contributed by atoms with E-state index in [1.165, 1.54) is 40.7 Å². The maximum atomic E-state index is 13.3. The number of hydrogen-bond donors (Lipinski definition) is 2. The minimum atomic E-state index is -3.61. The molecule has 0 atom stereocenters. The molecule has 0 saturated carbocycles. The summed E-state index contributed by atoms with van der Waals surface area (Å²) in [5.41, 5.74) is 6.36. The summed E-state index contributed by atoms with van der Waals surface area (Å²) >= 11 is 0. The lowest BCUT2D eigenvalue weighted by molar-refractivity contribution is 0.102. The van der Waals surface area contributed by atoms with Crippen LogP contribution in [0, 0.1) is 5.82 Å². The third-order valence-electron chi connectivity index (χ3n) is 3.96. The van der Waals surface area contributed by atoms with E-state index in [4.69, 9.17) is 5.73 Å². The topological polar surface area (TPSA) is 92.5 Å². The number of sulfonamides is 1. The average Bonchev–Trinajstić information content (AvgIpc) is 2.64. The van der Waals surface area contributed by atoms with Crippen LogP contribution in [-0.4, -0.2) is 31.7 Å². The molecule has 1 amide bonds. The van der Waals surface area contributed by atoms with Gasteiger partial charge in [-0.3, -0.25) is 4.79 Å². The van der Waals surface area contributed by atoms with E-state index in [9.17, 15) is 17.6 Å². The molecule has 8 heteroatoms. The average molecular weight is 393 g/mol. The Balaban J connectivity index is 2.20. The maximum Gasteiger partial charge on any atom is 0.255 e. The largest absolute Gasteiger partial charge is 0.397 e. The monoisotopic (exact) mass is 393 g/mol. The predicted octanol–water partition coefficient (Wildman–Crippen LogP) is 3.47. The van der Waals surface area contributed by atoms with Crippen LogP contribution >= 0.6 is 0 Å². The quantitative estimate of drug-likeness (QED) is 0.672. The fourth-order valence-electron chi connectivity index (χ4n) is 2.61. The number of nitrogen functional groups attached to an aromatic ring is 1. The van der Waals surface area contributed by atoms with Crippen LogP contribution in [0.1, 0.15) is 37.0 Å². The molecule has 0 bridgehead atoms. The molecular formula is C19H24FN3O3S. The van der Waals surface area contributed by atoms with Crippen molar-refractivity contribution < 1.29 is 17.6 Å². The van der Waals surface area contributed by atoms with Crippen LogP contribution in [0.3, 0.4) is 0 Å². The van der Waals surface area contributed by atoms with Gasteiger partial charge in [0.15, 0.2) is 0 Å². The van der Waals surface area contributed by atoms with Crippen molar-refractivity contribution in [1.82, 2.24) is 4.31 Å². The predicted molar refractivity (Wildman–Crippen MR) is 105 cm³/mol. The molecule has 0 aliphatic rings. The number of nitrogens with two attached hydrogens (primary N) is 1. The minimum Gasteiger partial charge on any atom is -0.397 e. The Morgan fingerprint density at radius 2 is 1.67 bits per heavy atom. The van der Waals surface area contributed by atoms with Gasteiger partial charge in [0.1, 0.15) is 5.82 Å². The van der Waals surface area contributed by atoms with Crippen LogP contribution in [0.4, 0.5) is 15.8 Å². The second-order valence-electron chi connectivity index (χ2n) is 6.11. The molecule has 146 valence electrons. The van der Waals surface area contributed by atoms with Crippen molar-refractivity contribution >= 4 is 27.3 Å². The first kappa shape index (κ1) is 20.9. The van der Waals surface area contributed by atoms with Gasteiger partial charge in [0, 0.05) is 18.7 Å². The second-order valence-corrected chi connectivity index (χ2v) is 8.05. The highest BCUT2D eigenvalue weighted by Crippen LogP contribution is 2.21. The molecule has 0 aromatic heterocycles. The van der Waals surface area contributed by atoms with Gasteiger partial charge < -0.3 is 11.1 Å². The molecule has 0 heterocycles. The van der Waals surface area contributed by atoms with E-state index in [2.05, 4.69) is 5.32 Å². The van der Waals surface area contributed by atoms with Gasteiger partial charge in [0.2, 0.25) is 10.0 Å². The van der Waals surface area contributed by atoms with Crippen molar-refractivity contribution in [2.75, 3.05) is 24.1 Å². The molecule has 0 aliphatic heterocycles. The first-order chi connectivity index (χ1) is 12.8. The Labute approximate surface area is 159 Å². The number of anilines is 2.